The Balaban J connectivity index is 1.98. The average Bonchev–Trinajstić information content (AvgIpc) is 2.94. The van der Waals surface area contributed by atoms with Crippen LogP contribution in [-0.2, 0) is 19.6 Å². The zero-order chi connectivity index (χ0) is 15.2. The number of aromatic nitrogens is 3. The minimum atomic E-state index is 0.911. The zero-order valence-corrected chi connectivity index (χ0v) is 13.5. The van der Waals surface area contributed by atoms with Crippen LogP contribution in [0.25, 0.3) is 0 Å². The summed E-state index contributed by atoms with van der Waals surface area (Å²) in [6.45, 7) is 8.05. The number of pyridine rings is 1. The van der Waals surface area contributed by atoms with Crippen LogP contribution < -0.4 is 4.90 Å². The summed E-state index contributed by atoms with van der Waals surface area (Å²) in [7, 11) is 4.01. The van der Waals surface area contributed by atoms with E-state index < -0.39 is 0 Å². The van der Waals surface area contributed by atoms with Gasteiger partial charge in [-0.25, -0.2) is 4.98 Å². The van der Waals surface area contributed by atoms with Gasteiger partial charge in [-0.1, -0.05) is 13.0 Å². The number of hydrogen-bond donors (Lipinski definition) is 0. The van der Waals surface area contributed by atoms with Crippen LogP contribution in [0.15, 0.2) is 30.7 Å². The van der Waals surface area contributed by atoms with Crippen molar-refractivity contribution >= 4 is 5.82 Å². The van der Waals surface area contributed by atoms with Crippen molar-refractivity contribution in [3.63, 3.8) is 0 Å². The van der Waals surface area contributed by atoms with E-state index in [4.69, 9.17) is 0 Å². The lowest BCUT2D eigenvalue weighted by Gasteiger charge is -2.20. The van der Waals surface area contributed by atoms with Crippen molar-refractivity contribution in [1.82, 2.24) is 19.7 Å². The molecule has 2 aromatic heterocycles. The van der Waals surface area contributed by atoms with E-state index in [1.165, 1.54) is 11.1 Å². The molecule has 0 unspecified atom stereocenters. The van der Waals surface area contributed by atoms with E-state index in [9.17, 15) is 0 Å². The van der Waals surface area contributed by atoms with Gasteiger partial charge in [-0.05, 0) is 25.1 Å². The van der Waals surface area contributed by atoms with Crippen LogP contribution in [0.4, 0.5) is 5.82 Å². The van der Waals surface area contributed by atoms with Gasteiger partial charge in [-0.2, -0.15) is 5.10 Å². The fourth-order valence-corrected chi connectivity index (χ4v) is 2.23. The van der Waals surface area contributed by atoms with Gasteiger partial charge in [0.2, 0.25) is 0 Å². The molecule has 5 nitrogen and oxygen atoms in total. The van der Waals surface area contributed by atoms with Crippen molar-refractivity contribution in [1.29, 1.82) is 0 Å². The van der Waals surface area contributed by atoms with E-state index in [0.29, 0.717) is 0 Å². The highest BCUT2D eigenvalue weighted by molar-refractivity contribution is 5.37. The molecule has 0 amide bonds. The second kappa shape index (κ2) is 7.22. The fraction of sp³-hybridized carbons (Fsp3) is 0.500. The SMILES string of the molecule is CCN(Cc1ccc(N(C)C)nc1)Cc1cnn(CC)c1. The fourth-order valence-electron chi connectivity index (χ4n) is 2.23. The highest BCUT2D eigenvalue weighted by Crippen LogP contribution is 2.12. The molecule has 0 fully saturated rings. The second-order valence-corrected chi connectivity index (χ2v) is 5.43. The third kappa shape index (κ3) is 4.29. The maximum Gasteiger partial charge on any atom is 0.127 e. The number of hydrogen-bond acceptors (Lipinski definition) is 4. The summed E-state index contributed by atoms with van der Waals surface area (Å²) >= 11 is 0. The van der Waals surface area contributed by atoms with Crippen molar-refractivity contribution in [2.24, 2.45) is 0 Å². The molecule has 5 heteroatoms. The summed E-state index contributed by atoms with van der Waals surface area (Å²) < 4.78 is 1.97. The predicted molar refractivity (Wildman–Crippen MR) is 86.3 cm³/mol. The lowest BCUT2D eigenvalue weighted by molar-refractivity contribution is 0.271. The van der Waals surface area contributed by atoms with Gasteiger partial charge in [0.25, 0.3) is 0 Å². The van der Waals surface area contributed by atoms with Crippen LogP contribution in [0, 0.1) is 0 Å². The molecule has 0 radical (unpaired) electrons. The van der Waals surface area contributed by atoms with Gasteiger partial charge in [-0.3, -0.25) is 9.58 Å². The van der Waals surface area contributed by atoms with Crippen LogP contribution in [0.1, 0.15) is 25.0 Å². The molecule has 0 atom stereocenters. The molecule has 0 N–H and O–H groups in total. The first-order valence-corrected chi connectivity index (χ1v) is 7.48. The molecule has 2 rings (SSSR count). The maximum absolute atomic E-state index is 4.47. The van der Waals surface area contributed by atoms with Gasteiger partial charge in [0.15, 0.2) is 0 Å². The summed E-state index contributed by atoms with van der Waals surface area (Å²) in [5.41, 5.74) is 2.50. The average molecular weight is 287 g/mol. The molecule has 0 aliphatic heterocycles. The van der Waals surface area contributed by atoms with E-state index in [-0.39, 0.29) is 0 Å². The molecule has 114 valence electrons. The summed E-state index contributed by atoms with van der Waals surface area (Å²) in [5.74, 6) is 0.992. The first kappa shape index (κ1) is 15.5. The first-order chi connectivity index (χ1) is 10.1. The summed E-state index contributed by atoms with van der Waals surface area (Å²) in [6, 6.07) is 4.22. The van der Waals surface area contributed by atoms with E-state index in [1.54, 1.807) is 0 Å². The van der Waals surface area contributed by atoms with Crippen molar-refractivity contribution in [2.75, 3.05) is 25.5 Å². The maximum atomic E-state index is 4.47. The molecular weight excluding hydrogens is 262 g/mol. The zero-order valence-electron chi connectivity index (χ0n) is 13.5. The summed E-state index contributed by atoms with van der Waals surface area (Å²) in [6.07, 6.45) is 6.04. The Bertz CT molecular complexity index is 544. The number of nitrogens with zero attached hydrogens (tertiary/aromatic N) is 5. The Labute approximate surface area is 127 Å². The Morgan fingerprint density at radius 1 is 1.05 bits per heavy atom. The molecule has 0 bridgehead atoms. The van der Waals surface area contributed by atoms with E-state index in [0.717, 1.165) is 32.0 Å². The highest BCUT2D eigenvalue weighted by atomic mass is 15.3. The largest absolute Gasteiger partial charge is 0.363 e. The van der Waals surface area contributed by atoms with Gasteiger partial charge in [0, 0.05) is 51.7 Å². The van der Waals surface area contributed by atoms with Crippen molar-refractivity contribution in [2.45, 2.75) is 33.5 Å². The van der Waals surface area contributed by atoms with Gasteiger partial charge < -0.3 is 4.90 Å². The van der Waals surface area contributed by atoms with Gasteiger partial charge in [-0.15, -0.1) is 0 Å². The minimum Gasteiger partial charge on any atom is -0.363 e. The molecule has 0 saturated carbocycles. The van der Waals surface area contributed by atoms with Crippen LogP contribution in [0.3, 0.4) is 0 Å². The van der Waals surface area contributed by atoms with Crippen LogP contribution in [0.2, 0.25) is 0 Å². The summed E-state index contributed by atoms with van der Waals surface area (Å²) in [5, 5.41) is 4.33. The smallest absolute Gasteiger partial charge is 0.127 e. The van der Waals surface area contributed by atoms with Crippen molar-refractivity contribution in [3.05, 3.63) is 41.9 Å². The number of rotatable bonds is 7. The van der Waals surface area contributed by atoms with E-state index in [2.05, 4.69) is 47.2 Å². The van der Waals surface area contributed by atoms with Crippen LogP contribution in [0.5, 0.6) is 0 Å². The normalized spacial score (nSPS) is 11.1. The van der Waals surface area contributed by atoms with Crippen LogP contribution >= 0.6 is 0 Å². The Hall–Kier alpha value is -1.88. The van der Waals surface area contributed by atoms with Gasteiger partial charge in [0.05, 0.1) is 6.20 Å². The molecule has 0 aliphatic rings. The number of anilines is 1. The first-order valence-electron chi connectivity index (χ1n) is 7.48. The molecule has 0 aliphatic carbocycles. The summed E-state index contributed by atoms with van der Waals surface area (Å²) in [4.78, 5) is 8.88. The molecule has 2 aromatic rings. The standard InChI is InChI=1S/C16H25N5/c1-5-20(12-15-10-18-21(6-2)13-15)11-14-7-8-16(17-9-14)19(3)4/h7-10,13H,5-6,11-12H2,1-4H3. The molecule has 0 spiro atoms. The van der Waals surface area contributed by atoms with Gasteiger partial charge in [0.1, 0.15) is 5.82 Å². The third-order valence-corrected chi connectivity index (χ3v) is 3.54. The molecule has 0 aromatic carbocycles. The van der Waals surface area contributed by atoms with Crippen molar-refractivity contribution in [3.8, 4) is 0 Å². The Kier molecular flexibility index (Phi) is 5.33. The molecular formula is C16H25N5. The highest BCUT2D eigenvalue weighted by Gasteiger charge is 2.07. The monoisotopic (exact) mass is 287 g/mol. The lowest BCUT2D eigenvalue weighted by atomic mass is 10.2. The van der Waals surface area contributed by atoms with E-state index in [1.807, 2.05) is 36.1 Å². The minimum absolute atomic E-state index is 0.911. The topological polar surface area (TPSA) is 37.2 Å². The molecule has 21 heavy (non-hydrogen) atoms. The third-order valence-electron chi connectivity index (χ3n) is 3.54. The quantitative estimate of drug-likeness (QED) is 0.783. The van der Waals surface area contributed by atoms with E-state index >= 15 is 0 Å². The second-order valence-electron chi connectivity index (χ2n) is 5.43. The van der Waals surface area contributed by atoms with Gasteiger partial charge >= 0.3 is 0 Å². The molecule has 2 heterocycles. The lowest BCUT2D eigenvalue weighted by Crippen LogP contribution is -2.22. The van der Waals surface area contributed by atoms with Crippen molar-refractivity contribution < 1.29 is 0 Å². The Morgan fingerprint density at radius 2 is 1.81 bits per heavy atom. The molecule has 0 saturated heterocycles. The Morgan fingerprint density at radius 3 is 2.33 bits per heavy atom. The van der Waals surface area contributed by atoms with Crippen LogP contribution in [-0.4, -0.2) is 40.3 Å². The predicted octanol–water partition coefficient (Wildman–Crippen LogP) is 2.39. The number of aryl methyl sites for hydroxylation is 1.